The molecule has 6 nitrogen and oxygen atoms in total. The van der Waals surface area contributed by atoms with Crippen molar-refractivity contribution in [2.45, 2.75) is 11.8 Å². The Kier molecular flexibility index (Phi) is 3.60. The lowest BCUT2D eigenvalue weighted by molar-refractivity contribution is -0.000201. The average Bonchev–Trinajstić information content (AvgIpc) is 2.80. The van der Waals surface area contributed by atoms with Gasteiger partial charge >= 0.3 is 5.71 Å². The van der Waals surface area contributed by atoms with Gasteiger partial charge in [0, 0.05) is 7.05 Å². The van der Waals surface area contributed by atoms with Crippen LogP contribution in [0.25, 0.3) is 5.53 Å². The molecule has 1 aliphatic rings. The highest BCUT2D eigenvalue weighted by molar-refractivity contribution is 7.90. The van der Waals surface area contributed by atoms with Gasteiger partial charge in [0.1, 0.15) is 0 Å². The molecular formula is C16H14N4O2S. The van der Waals surface area contributed by atoms with E-state index in [0.717, 1.165) is 11.3 Å². The number of sulfonamides is 1. The number of likely N-dealkylation sites (N-methyl/N-ethyl adjacent to an activating group) is 1. The van der Waals surface area contributed by atoms with Crippen molar-refractivity contribution >= 4 is 27.3 Å². The zero-order chi connectivity index (χ0) is 16.6. The zero-order valence-corrected chi connectivity index (χ0v) is 13.4. The Hall–Kier alpha value is -2.76. The summed E-state index contributed by atoms with van der Waals surface area (Å²) >= 11 is 0. The van der Waals surface area contributed by atoms with E-state index < -0.39 is 10.0 Å². The molecule has 0 amide bonds. The topological polar surface area (TPSA) is 86.1 Å². The minimum Gasteiger partial charge on any atom is -0.361 e. The largest absolute Gasteiger partial charge is 0.367 e. The highest BCUT2D eigenvalue weighted by atomic mass is 32.2. The first-order valence-electron chi connectivity index (χ1n) is 6.91. The Bertz CT molecular complexity index is 956. The molecule has 0 saturated heterocycles. The maximum absolute atomic E-state index is 12.5. The maximum Gasteiger partial charge on any atom is 0.367 e. The number of amidine groups is 1. The molecule has 0 unspecified atom stereocenters. The summed E-state index contributed by atoms with van der Waals surface area (Å²) in [5, 5.41) is 0. The van der Waals surface area contributed by atoms with E-state index in [9.17, 15) is 13.9 Å². The van der Waals surface area contributed by atoms with E-state index in [1.54, 1.807) is 36.2 Å². The van der Waals surface area contributed by atoms with Gasteiger partial charge in [-0.25, -0.2) is 0 Å². The molecule has 2 aromatic carbocycles. The molecule has 0 aliphatic carbocycles. The van der Waals surface area contributed by atoms with Crippen molar-refractivity contribution in [3.05, 3.63) is 65.2 Å². The van der Waals surface area contributed by atoms with Crippen molar-refractivity contribution in [3.63, 3.8) is 0 Å². The first-order chi connectivity index (χ1) is 10.9. The average molecular weight is 326 g/mol. The maximum atomic E-state index is 12.5. The molecule has 7 heteroatoms. The number of benzene rings is 2. The second-order valence-electron chi connectivity index (χ2n) is 5.23. The van der Waals surface area contributed by atoms with Crippen LogP contribution in [0.3, 0.4) is 0 Å². The van der Waals surface area contributed by atoms with Crippen LogP contribution in [-0.4, -0.2) is 31.8 Å². The first kappa shape index (κ1) is 15.1. The molecule has 0 radical (unpaired) electrons. The van der Waals surface area contributed by atoms with Crippen molar-refractivity contribution in [3.8, 4) is 0 Å². The zero-order valence-electron chi connectivity index (χ0n) is 12.6. The molecule has 3 rings (SSSR count). The number of hydrogen-bond donors (Lipinski definition) is 0. The molecule has 0 aromatic heterocycles. The Labute approximate surface area is 134 Å². The van der Waals surface area contributed by atoms with Gasteiger partial charge in [0.15, 0.2) is 0 Å². The number of anilines is 1. The smallest absolute Gasteiger partial charge is 0.361 e. The third kappa shape index (κ3) is 2.56. The predicted molar refractivity (Wildman–Crippen MR) is 88.4 cm³/mol. The number of fused-ring (bicyclic) bond motifs is 1. The molecule has 0 N–H and O–H groups in total. The van der Waals surface area contributed by atoms with Gasteiger partial charge in [-0.2, -0.15) is 13.2 Å². The molecule has 0 spiro atoms. The van der Waals surface area contributed by atoms with Crippen molar-refractivity contribution in [2.75, 3.05) is 11.9 Å². The fourth-order valence-electron chi connectivity index (χ4n) is 2.44. The molecule has 0 saturated carbocycles. The molecule has 23 heavy (non-hydrogen) atoms. The normalized spacial score (nSPS) is 15.7. The van der Waals surface area contributed by atoms with Gasteiger partial charge in [0.05, 0.1) is 16.1 Å². The van der Waals surface area contributed by atoms with E-state index >= 15 is 0 Å². The molecule has 1 heterocycles. The van der Waals surface area contributed by atoms with E-state index in [4.69, 9.17) is 0 Å². The Morgan fingerprint density at radius 1 is 1.09 bits per heavy atom. The fourth-order valence-corrected chi connectivity index (χ4v) is 3.46. The van der Waals surface area contributed by atoms with Gasteiger partial charge < -0.3 is 10.4 Å². The van der Waals surface area contributed by atoms with E-state index in [-0.39, 0.29) is 16.4 Å². The highest BCUT2D eigenvalue weighted by Crippen LogP contribution is 2.28. The van der Waals surface area contributed by atoms with Gasteiger partial charge in [0.25, 0.3) is 10.0 Å². The molecule has 116 valence electrons. The molecule has 2 aromatic rings. The van der Waals surface area contributed by atoms with Crippen molar-refractivity contribution in [2.24, 2.45) is 4.40 Å². The SMILES string of the molecule is Cc1ccc(S(=O)(=O)/N=C2\C(=[N+]=[N-])c3ccccc3N2C)cc1. The minimum atomic E-state index is -3.90. The summed E-state index contributed by atoms with van der Waals surface area (Å²) in [4.78, 5) is 4.92. The number of hydrogen-bond acceptors (Lipinski definition) is 2. The minimum absolute atomic E-state index is 0.0919. The highest BCUT2D eigenvalue weighted by Gasteiger charge is 2.37. The number of rotatable bonds is 2. The summed E-state index contributed by atoms with van der Waals surface area (Å²) in [6.07, 6.45) is 0. The van der Waals surface area contributed by atoms with Crippen LogP contribution in [0.15, 0.2) is 57.8 Å². The van der Waals surface area contributed by atoms with Crippen molar-refractivity contribution < 1.29 is 13.2 Å². The van der Waals surface area contributed by atoms with E-state index in [0.29, 0.717) is 5.56 Å². The Morgan fingerprint density at radius 3 is 2.39 bits per heavy atom. The standard InChI is InChI=1S/C16H14N4O2S/c1-11-7-9-12(10-8-11)23(21,22)19-16-15(18-17)13-5-3-4-6-14(13)20(16)2/h3-10H,1-2H3/b19-16+. The van der Waals surface area contributed by atoms with Crippen LogP contribution in [-0.2, 0) is 10.0 Å². The van der Waals surface area contributed by atoms with E-state index in [2.05, 4.69) is 9.19 Å². The first-order valence-corrected chi connectivity index (χ1v) is 8.35. The fraction of sp³-hybridized carbons (Fsp3) is 0.125. The molecule has 0 fully saturated rings. The lowest BCUT2D eigenvalue weighted by Crippen LogP contribution is -2.28. The lowest BCUT2D eigenvalue weighted by Gasteiger charge is -2.10. The summed E-state index contributed by atoms with van der Waals surface area (Å²) in [5.41, 5.74) is 11.8. The summed E-state index contributed by atoms with van der Waals surface area (Å²) < 4.78 is 28.9. The van der Waals surface area contributed by atoms with Crippen LogP contribution in [0.1, 0.15) is 11.1 Å². The van der Waals surface area contributed by atoms with E-state index in [1.165, 1.54) is 12.1 Å². The quantitative estimate of drug-likeness (QED) is 0.626. The van der Waals surface area contributed by atoms with Gasteiger partial charge in [-0.15, -0.1) is 4.40 Å². The molecule has 0 atom stereocenters. The number of nitrogens with zero attached hydrogens (tertiary/aromatic N) is 4. The van der Waals surface area contributed by atoms with Gasteiger partial charge in [-0.05, 0) is 31.2 Å². The van der Waals surface area contributed by atoms with Gasteiger partial charge in [-0.1, -0.05) is 29.8 Å². The second kappa shape index (κ2) is 5.46. The van der Waals surface area contributed by atoms with Crippen LogP contribution < -0.4 is 4.90 Å². The second-order valence-corrected chi connectivity index (χ2v) is 6.83. The Morgan fingerprint density at radius 2 is 1.74 bits per heavy atom. The molecular weight excluding hydrogens is 312 g/mol. The predicted octanol–water partition coefficient (Wildman–Crippen LogP) is 2.25. The van der Waals surface area contributed by atoms with Crippen LogP contribution >= 0.6 is 0 Å². The summed E-state index contributed by atoms with van der Waals surface area (Å²) in [6, 6.07) is 13.6. The lowest BCUT2D eigenvalue weighted by atomic mass is 10.1. The van der Waals surface area contributed by atoms with Crippen LogP contribution in [0.4, 0.5) is 5.69 Å². The van der Waals surface area contributed by atoms with Crippen LogP contribution in [0.2, 0.25) is 0 Å². The van der Waals surface area contributed by atoms with Crippen LogP contribution in [0, 0.1) is 6.92 Å². The van der Waals surface area contributed by atoms with Gasteiger partial charge in [-0.3, -0.25) is 0 Å². The summed E-state index contributed by atoms with van der Waals surface area (Å²) in [5.74, 6) is 0.0919. The number of aryl methyl sites for hydroxylation is 1. The van der Waals surface area contributed by atoms with Crippen molar-refractivity contribution in [1.82, 2.24) is 0 Å². The van der Waals surface area contributed by atoms with Crippen molar-refractivity contribution in [1.29, 1.82) is 0 Å². The monoisotopic (exact) mass is 326 g/mol. The number of para-hydroxylation sites is 1. The van der Waals surface area contributed by atoms with Gasteiger partial charge in [0.2, 0.25) is 5.84 Å². The van der Waals surface area contributed by atoms with Crippen LogP contribution in [0.5, 0.6) is 0 Å². The Balaban J connectivity index is 2.13. The molecule has 0 bridgehead atoms. The molecule has 1 aliphatic heterocycles. The van der Waals surface area contributed by atoms with E-state index in [1.807, 2.05) is 19.1 Å². The summed E-state index contributed by atoms with van der Waals surface area (Å²) in [7, 11) is -2.22. The third-order valence-corrected chi connectivity index (χ3v) is 4.96. The third-order valence-electron chi connectivity index (χ3n) is 3.68. The summed E-state index contributed by atoms with van der Waals surface area (Å²) in [6.45, 7) is 1.88.